The molecule has 1 fully saturated rings. The molecule has 0 atom stereocenters. The first-order valence-electron chi connectivity index (χ1n) is 11.3. The van der Waals surface area contributed by atoms with Gasteiger partial charge in [0.15, 0.2) is 11.6 Å². The lowest BCUT2D eigenvalue weighted by atomic mass is 10.1. The van der Waals surface area contributed by atoms with E-state index in [9.17, 15) is 14.0 Å². The van der Waals surface area contributed by atoms with Gasteiger partial charge in [0, 0.05) is 37.3 Å². The van der Waals surface area contributed by atoms with Crippen LogP contribution in [-0.2, 0) is 4.79 Å². The van der Waals surface area contributed by atoms with Crippen molar-refractivity contribution in [2.24, 2.45) is 0 Å². The number of benzene rings is 1. The molecule has 0 saturated carbocycles. The summed E-state index contributed by atoms with van der Waals surface area (Å²) >= 11 is 1.38. The molecule has 0 bridgehead atoms. The molecule has 0 aliphatic carbocycles. The summed E-state index contributed by atoms with van der Waals surface area (Å²) < 4.78 is 18.5. The molecule has 10 heteroatoms. The minimum absolute atomic E-state index is 0.0279. The third-order valence-electron chi connectivity index (χ3n) is 6.06. The van der Waals surface area contributed by atoms with Crippen LogP contribution in [0.25, 0.3) is 21.8 Å². The molecule has 1 aliphatic rings. The molecule has 5 rings (SSSR count). The monoisotopic (exact) mass is 493 g/mol. The Kier molecular flexibility index (Phi) is 6.31. The zero-order valence-electron chi connectivity index (χ0n) is 19.4. The number of piperazine rings is 1. The van der Waals surface area contributed by atoms with Gasteiger partial charge in [-0.3, -0.25) is 14.5 Å². The SMILES string of the molecule is Cc1nc(-c2ccco2)nc2sc(C(=O)N3CCN(CC(=O)Nc4ccc(F)cc4)CC3)c(C)c12. The average Bonchev–Trinajstić information content (AvgIpc) is 3.49. The largest absolute Gasteiger partial charge is 0.461 e. The summed E-state index contributed by atoms with van der Waals surface area (Å²) in [7, 11) is 0. The Bertz CT molecular complexity index is 1380. The first-order chi connectivity index (χ1) is 16.9. The number of aryl methyl sites for hydroxylation is 2. The predicted octanol–water partition coefficient (Wildman–Crippen LogP) is 4.10. The second kappa shape index (κ2) is 9.55. The minimum atomic E-state index is -0.349. The number of amides is 2. The molecule has 1 aliphatic heterocycles. The second-order valence-electron chi connectivity index (χ2n) is 8.47. The summed E-state index contributed by atoms with van der Waals surface area (Å²) in [5, 5.41) is 3.68. The molecule has 0 unspecified atom stereocenters. The van der Waals surface area contributed by atoms with Gasteiger partial charge in [-0.25, -0.2) is 14.4 Å². The Morgan fingerprint density at radius 2 is 1.83 bits per heavy atom. The Hall–Kier alpha value is -3.63. The quantitative estimate of drug-likeness (QED) is 0.450. The van der Waals surface area contributed by atoms with E-state index in [4.69, 9.17) is 4.42 Å². The normalized spacial score (nSPS) is 14.4. The van der Waals surface area contributed by atoms with Crippen molar-refractivity contribution in [2.75, 3.05) is 38.0 Å². The highest BCUT2D eigenvalue weighted by molar-refractivity contribution is 7.20. The van der Waals surface area contributed by atoms with Gasteiger partial charge in [0.2, 0.25) is 5.91 Å². The highest BCUT2D eigenvalue weighted by atomic mass is 32.1. The summed E-state index contributed by atoms with van der Waals surface area (Å²) in [6.07, 6.45) is 1.58. The number of anilines is 1. The van der Waals surface area contributed by atoms with Crippen LogP contribution in [0.15, 0.2) is 47.1 Å². The Morgan fingerprint density at radius 3 is 2.51 bits per heavy atom. The number of hydrogen-bond acceptors (Lipinski definition) is 7. The van der Waals surface area contributed by atoms with Gasteiger partial charge in [0.25, 0.3) is 5.91 Å². The van der Waals surface area contributed by atoms with E-state index in [2.05, 4.69) is 15.3 Å². The first-order valence-corrected chi connectivity index (χ1v) is 12.1. The van der Waals surface area contributed by atoms with Gasteiger partial charge in [0.05, 0.1) is 23.4 Å². The van der Waals surface area contributed by atoms with Crippen LogP contribution in [0.2, 0.25) is 0 Å². The van der Waals surface area contributed by atoms with Crippen LogP contribution in [0, 0.1) is 19.7 Å². The summed E-state index contributed by atoms with van der Waals surface area (Å²) in [6, 6.07) is 9.27. The fourth-order valence-corrected chi connectivity index (χ4v) is 5.45. The Morgan fingerprint density at radius 1 is 1.09 bits per heavy atom. The summed E-state index contributed by atoms with van der Waals surface area (Å²) in [4.78, 5) is 40.2. The number of rotatable bonds is 5. The third kappa shape index (κ3) is 4.80. The maximum atomic E-state index is 13.4. The van der Waals surface area contributed by atoms with Crippen LogP contribution in [0.4, 0.5) is 10.1 Å². The zero-order chi connectivity index (χ0) is 24.5. The minimum Gasteiger partial charge on any atom is -0.461 e. The first kappa shape index (κ1) is 23.1. The topological polar surface area (TPSA) is 91.6 Å². The Labute approximate surface area is 205 Å². The number of carbonyl (C=O) groups excluding carboxylic acids is 2. The van der Waals surface area contributed by atoms with E-state index in [0.29, 0.717) is 48.3 Å². The summed E-state index contributed by atoms with van der Waals surface area (Å²) in [6.45, 7) is 6.30. The number of nitrogens with zero attached hydrogens (tertiary/aromatic N) is 4. The lowest BCUT2D eigenvalue weighted by Crippen LogP contribution is -2.50. The number of thiophene rings is 1. The highest BCUT2D eigenvalue weighted by Gasteiger charge is 2.27. The van der Waals surface area contributed by atoms with E-state index < -0.39 is 0 Å². The van der Waals surface area contributed by atoms with E-state index >= 15 is 0 Å². The summed E-state index contributed by atoms with van der Waals surface area (Å²) in [5.41, 5.74) is 2.25. The van der Waals surface area contributed by atoms with Crippen LogP contribution in [-0.4, -0.2) is 64.3 Å². The molecule has 35 heavy (non-hydrogen) atoms. The van der Waals surface area contributed by atoms with E-state index in [0.717, 1.165) is 21.5 Å². The van der Waals surface area contributed by atoms with Crippen molar-refractivity contribution in [3.63, 3.8) is 0 Å². The fourth-order valence-electron chi connectivity index (χ4n) is 4.25. The molecule has 1 N–H and O–H groups in total. The standard InChI is InChI=1S/C25H24FN5O3S/c1-15-21-16(2)27-23(19-4-3-13-34-19)29-24(21)35-22(15)25(33)31-11-9-30(10-12-31)14-20(32)28-18-7-5-17(26)6-8-18/h3-8,13H,9-12,14H2,1-2H3,(H,28,32). The molecule has 0 radical (unpaired) electrons. The molecule has 8 nitrogen and oxygen atoms in total. The average molecular weight is 494 g/mol. The van der Waals surface area contributed by atoms with Crippen LogP contribution in [0.5, 0.6) is 0 Å². The van der Waals surface area contributed by atoms with Crippen molar-refractivity contribution in [1.82, 2.24) is 19.8 Å². The molecule has 4 aromatic rings. The molecule has 1 aromatic carbocycles. The van der Waals surface area contributed by atoms with Crippen molar-refractivity contribution in [2.45, 2.75) is 13.8 Å². The second-order valence-corrected chi connectivity index (χ2v) is 9.47. The molecular formula is C25H24FN5O3S. The van der Waals surface area contributed by atoms with Gasteiger partial charge in [-0.1, -0.05) is 0 Å². The molecule has 4 heterocycles. The van der Waals surface area contributed by atoms with E-state index in [1.165, 1.54) is 35.6 Å². The Balaban J connectivity index is 1.24. The maximum absolute atomic E-state index is 13.4. The number of halogens is 1. The number of carbonyl (C=O) groups is 2. The lowest BCUT2D eigenvalue weighted by Gasteiger charge is -2.34. The highest BCUT2D eigenvalue weighted by Crippen LogP contribution is 2.34. The molecule has 2 amide bonds. The van der Waals surface area contributed by atoms with E-state index in [1.54, 1.807) is 12.3 Å². The van der Waals surface area contributed by atoms with Gasteiger partial charge in [0.1, 0.15) is 10.6 Å². The predicted molar refractivity (Wildman–Crippen MR) is 132 cm³/mol. The number of fused-ring (bicyclic) bond motifs is 1. The van der Waals surface area contributed by atoms with Gasteiger partial charge >= 0.3 is 0 Å². The number of aromatic nitrogens is 2. The number of furan rings is 1. The maximum Gasteiger partial charge on any atom is 0.264 e. The smallest absolute Gasteiger partial charge is 0.264 e. The van der Waals surface area contributed by atoms with Crippen LogP contribution in [0.3, 0.4) is 0 Å². The van der Waals surface area contributed by atoms with Crippen molar-refractivity contribution in [3.8, 4) is 11.6 Å². The van der Waals surface area contributed by atoms with E-state index in [-0.39, 0.29) is 24.2 Å². The molecule has 180 valence electrons. The van der Waals surface area contributed by atoms with Crippen molar-refractivity contribution in [3.05, 3.63) is 64.6 Å². The van der Waals surface area contributed by atoms with Gasteiger partial charge in [-0.05, 0) is 55.8 Å². The molecule has 1 saturated heterocycles. The van der Waals surface area contributed by atoms with Crippen molar-refractivity contribution in [1.29, 1.82) is 0 Å². The molecule has 3 aromatic heterocycles. The van der Waals surface area contributed by atoms with Gasteiger partial charge in [-0.15, -0.1) is 11.3 Å². The van der Waals surface area contributed by atoms with Crippen LogP contribution < -0.4 is 5.32 Å². The zero-order valence-corrected chi connectivity index (χ0v) is 20.2. The number of hydrogen-bond donors (Lipinski definition) is 1. The molecular weight excluding hydrogens is 469 g/mol. The van der Waals surface area contributed by atoms with Gasteiger partial charge < -0.3 is 14.6 Å². The third-order valence-corrected chi connectivity index (χ3v) is 7.24. The summed E-state index contributed by atoms with van der Waals surface area (Å²) in [5.74, 6) is 0.553. The fraction of sp³-hybridized carbons (Fsp3) is 0.280. The van der Waals surface area contributed by atoms with Crippen molar-refractivity contribution < 1.29 is 18.4 Å². The lowest BCUT2D eigenvalue weighted by molar-refractivity contribution is -0.117. The van der Waals surface area contributed by atoms with Crippen LogP contribution >= 0.6 is 11.3 Å². The van der Waals surface area contributed by atoms with E-state index in [1.807, 2.05) is 29.7 Å². The van der Waals surface area contributed by atoms with Crippen molar-refractivity contribution >= 4 is 39.1 Å². The van der Waals surface area contributed by atoms with Crippen LogP contribution in [0.1, 0.15) is 20.9 Å². The number of nitrogens with one attached hydrogen (secondary N) is 1. The van der Waals surface area contributed by atoms with Gasteiger partial charge in [-0.2, -0.15) is 0 Å². The molecule has 0 spiro atoms.